The molecule has 0 spiro atoms. The van der Waals surface area contributed by atoms with Crippen molar-refractivity contribution in [2.45, 2.75) is 62.4 Å². The highest BCUT2D eigenvalue weighted by molar-refractivity contribution is 7.51. The monoisotopic (exact) mass is 1140 g/mol. The van der Waals surface area contributed by atoms with Gasteiger partial charge in [-0.15, -0.1) is 0 Å². The smallest absolute Gasteiger partial charge is 0.408 e. The van der Waals surface area contributed by atoms with E-state index >= 15 is 4.57 Å². The van der Waals surface area contributed by atoms with Crippen LogP contribution in [0.5, 0.6) is 11.5 Å². The Morgan fingerprint density at radius 2 is 1.24 bits per heavy atom. The summed E-state index contributed by atoms with van der Waals surface area (Å²) < 4.78 is 70.3. The standard InChI is InChI=1S/C59H62N9O13P/c1-36-31-67(58(72)65-51(36)63-54(70)38-17-11-8-12-18-38)56-37(2)49(46(80-56)32-77-59(40-21-15-10-16-22-40,41-23-27-43(74-5)28-24-41)42-25-29-44(75-6)30-26-42)81-82(73,66(3)4)78-33-45-48(69)50(76-7)57(79-45)68-35-62-47-52(60-34-61-53(47)68)64-55(71)39-19-13-9-14-20-39/h8-31,34-35,37,45-46,48-50,56-57,69H,32-33H2,1-7H3,(H,60,61,64,71)(H,63,65,70,72)/t37-,45+,46+,48?,49?,50-,56+,57+,82?/m0/s1. The first-order valence-corrected chi connectivity index (χ1v) is 27.8. The van der Waals surface area contributed by atoms with E-state index in [0.29, 0.717) is 28.2 Å². The van der Waals surface area contributed by atoms with Gasteiger partial charge < -0.3 is 44.2 Å². The molecule has 5 aromatic carbocycles. The molecule has 2 aliphatic rings. The van der Waals surface area contributed by atoms with Crippen molar-refractivity contribution in [1.29, 1.82) is 0 Å². The van der Waals surface area contributed by atoms with Gasteiger partial charge in [-0.25, -0.2) is 29.0 Å². The largest absolute Gasteiger partial charge is 0.497 e. The topological polar surface area (TPSA) is 251 Å². The minimum atomic E-state index is -4.43. The van der Waals surface area contributed by atoms with Gasteiger partial charge >= 0.3 is 13.4 Å². The first-order chi connectivity index (χ1) is 39.7. The molecule has 0 radical (unpaired) electrons. The van der Waals surface area contributed by atoms with E-state index in [1.54, 1.807) is 99.5 Å². The molecule has 426 valence electrons. The van der Waals surface area contributed by atoms with Gasteiger partial charge in [-0.3, -0.25) is 27.8 Å². The predicted octanol–water partition coefficient (Wildman–Crippen LogP) is 7.80. The number of ether oxygens (including phenoxy) is 6. The maximum atomic E-state index is 15.5. The molecule has 0 bridgehead atoms. The van der Waals surface area contributed by atoms with Gasteiger partial charge in [0.25, 0.3) is 11.8 Å². The molecule has 8 aromatic rings. The Labute approximate surface area is 472 Å². The second kappa shape index (κ2) is 24.6. The van der Waals surface area contributed by atoms with Gasteiger partial charge in [-0.05, 0) is 86.2 Å². The van der Waals surface area contributed by atoms with Crippen molar-refractivity contribution in [2.24, 2.45) is 5.92 Å². The molecular weight excluding hydrogens is 1070 g/mol. The van der Waals surface area contributed by atoms with Crippen LogP contribution in [0.25, 0.3) is 11.2 Å². The SMILES string of the molecule is COc1ccc(C(OC[C@H]2O[C@@H](n3cc(C)c(NC(=O)c4ccccc4)nc3=O)[C@@H](C)C2OP(=O)(OC[C@H]2O[C@@H](n3cnc4c(NC(=O)c5ccccc5)ncnc43)[C@@H](OC)C2O)N(C)C)(c2ccccc2)c2ccc(OC)cc2)cc1. The maximum absolute atomic E-state index is 15.5. The Balaban J connectivity index is 0.965. The van der Waals surface area contributed by atoms with E-state index in [-0.39, 0.29) is 29.4 Å². The molecule has 3 unspecified atom stereocenters. The highest BCUT2D eigenvalue weighted by Gasteiger charge is 2.52. The van der Waals surface area contributed by atoms with Crippen LogP contribution >= 0.6 is 7.75 Å². The normalized spacial score (nSPS) is 21.5. The zero-order valence-corrected chi connectivity index (χ0v) is 46.9. The predicted molar refractivity (Wildman–Crippen MR) is 302 cm³/mol. The van der Waals surface area contributed by atoms with Gasteiger partial charge in [-0.1, -0.05) is 97.9 Å². The number of carbonyl (C=O) groups excluding carboxylic acids is 2. The van der Waals surface area contributed by atoms with Gasteiger partial charge in [0.05, 0.1) is 33.8 Å². The van der Waals surface area contributed by atoms with E-state index in [0.717, 1.165) is 16.7 Å². The molecule has 3 aromatic heterocycles. The van der Waals surface area contributed by atoms with Crippen LogP contribution in [0.2, 0.25) is 0 Å². The number of aliphatic hydroxyl groups is 1. The second-order valence-electron chi connectivity index (χ2n) is 19.8. The number of carbonyl (C=O) groups is 2. The van der Waals surface area contributed by atoms with Gasteiger partial charge in [0.1, 0.15) is 66.0 Å². The van der Waals surface area contributed by atoms with Crippen LogP contribution in [0, 0.1) is 12.8 Å². The number of anilines is 2. The first kappa shape index (κ1) is 57.2. The van der Waals surface area contributed by atoms with E-state index in [1.807, 2.05) is 78.9 Å². The fourth-order valence-corrected chi connectivity index (χ4v) is 11.7. The Kier molecular flexibility index (Phi) is 17.2. The number of methoxy groups -OCH3 is 3. The lowest BCUT2D eigenvalue weighted by molar-refractivity contribution is -0.0947. The van der Waals surface area contributed by atoms with Crippen molar-refractivity contribution in [1.82, 2.24) is 33.7 Å². The number of fused-ring (bicyclic) bond motifs is 1. The summed E-state index contributed by atoms with van der Waals surface area (Å²) in [6.45, 7) is 2.80. The number of aryl methyl sites for hydroxylation is 1. The maximum Gasteiger partial charge on any atom is 0.408 e. The lowest BCUT2D eigenvalue weighted by Gasteiger charge is -2.37. The fraction of sp³-hybridized carbons (Fsp3) is 0.305. The van der Waals surface area contributed by atoms with Gasteiger partial charge in [0.2, 0.25) is 0 Å². The van der Waals surface area contributed by atoms with Crippen LogP contribution < -0.4 is 25.8 Å². The lowest BCUT2D eigenvalue weighted by atomic mass is 9.80. The molecule has 82 heavy (non-hydrogen) atoms. The molecule has 2 aliphatic heterocycles. The Morgan fingerprint density at radius 1 is 0.695 bits per heavy atom. The molecule has 0 aliphatic carbocycles. The van der Waals surface area contributed by atoms with Gasteiger partial charge in [0.15, 0.2) is 23.2 Å². The minimum absolute atomic E-state index is 0.0615. The van der Waals surface area contributed by atoms with Crippen molar-refractivity contribution in [2.75, 3.05) is 59.3 Å². The van der Waals surface area contributed by atoms with Crippen LogP contribution in [0.3, 0.4) is 0 Å². The van der Waals surface area contributed by atoms with Crippen LogP contribution in [-0.2, 0) is 38.2 Å². The number of hydrogen-bond acceptors (Lipinski definition) is 17. The molecule has 10 rings (SSSR count). The number of rotatable bonds is 21. The summed E-state index contributed by atoms with van der Waals surface area (Å²) in [5, 5.41) is 17.3. The zero-order chi connectivity index (χ0) is 57.7. The summed E-state index contributed by atoms with van der Waals surface area (Å²) in [6.07, 6.45) is -3.59. The average Bonchev–Trinajstić information content (AvgIpc) is 4.29. The highest BCUT2D eigenvalue weighted by atomic mass is 31.2. The van der Waals surface area contributed by atoms with Crippen LogP contribution in [0.4, 0.5) is 11.6 Å². The number of aromatic nitrogens is 6. The number of nitrogens with zero attached hydrogens (tertiary/aromatic N) is 7. The summed E-state index contributed by atoms with van der Waals surface area (Å²) >= 11 is 0. The third-order valence-electron chi connectivity index (χ3n) is 14.6. The van der Waals surface area contributed by atoms with Crippen molar-refractivity contribution >= 4 is 42.4 Å². The third kappa shape index (κ3) is 11.4. The number of aliphatic hydroxyl groups excluding tert-OH is 1. The van der Waals surface area contributed by atoms with Crippen molar-refractivity contribution in [3.8, 4) is 11.5 Å². The molecule has 23 heteroatoms. The van der Waals surface area contributed by atoms with E-state index in [1.165, 1.54) is 43.1 Å². The summed E-state index contributed by atoms with van der Waals surface area (Å²) in [5.41, 5.74) is 1.90. The summed E-state index contributed by atoms with van der Waals surface area (Å²) in [6, 6.07) is 41.8. The van der Waals surface area contributed by atoms with Crippen LogP contribution in [-0.4, -0.2) is 130 Å². The Morgan fingerprint density at radius 3 is 1.80 bits per heavy atom. The van der Waals surface area contributed by atoms with E-state index in [4.69, 9.17) is 37.5 Å². The summed E-state index contributed by atoms with van der Waals surface area (Å²) in [5.74, 6) is -0.164. The Bertz CT molecular complexity index is 3570. The van der Waals surface area contributed by atoms with Gasteiger partial charge in [-0.2, -0.15) is 4.98 Å². The summed E-state index contributed by atoms with van der Waals surface area (Å²) in [7, 11) is 3.20. The number of nitrogens with one attached hydrogen (secondary N) is 2. The highest BCUT2D eigenvalue weighted by Crippen LogP contribution is 2.56. The lowest BCUT2D eigenvalue weighted by Crippen LogP contribution is -2.40. The van der Waals surface area contributed by atoms with Crippen molar-refractivity contribution in [3.05, 3.63) is 202 Å². The fourth-order valence-electron chi connectivity index (χ4n) is 10.2. The first-order valence-electron chi connectivity index (χ1n) is 26.3. The Hall–Kier alpha value is -8.02. The number of benzene rings is 5. The molecule has 0 saturated carbocycles. The second-order valence-corrected chi connectivity index (χ2v) is 22.0. The average molecular weight is 1140 g/mol. The minimum Gasteiger partial charge on any atom is -0.497 e. The van der Waals surface area contributed by atoms with Crippen LogP contribution in [0.15, 0.2) is 163 Å². The molecule has 2 fully saturated rings. The van der Waals surface area contributed by atoms with E-state index in [9.17, 15) is 19.5 Å². The molecular formula is C59H62N9O13P. The van der Waals surface area contributed by atoms with Gasteiger partial charge in [0, 0.05) is 35.9 Å². The molecule has 22 nitrogen and oxygen atoms in total. The van der Waals surface area contributed by atoms with E-state index in [2.05, 4.69) is 30.6 Å². The van der Waals surface area contributed by atoms with Crippen molar-refractivity contribution < 1.29 is 56.7 Å². The summed E-state index contributed by atoms with van der Waals surface area (Å²) in [4.78, 5) is 58.1. The molecule has 2 amide bonds. The quantitative estimate of drug-likeness (QED) is 0.0458. The molecule has 9 atom stereocenters. The van der Waals surface area contributed by atoms with Crippen molar-refractivity contribution in [3.63, 3.8) is 0 Å². The number of imidazole rings is 1. The number of hydrogen-bond donors (Lipinski definition) is 3. The third-order valence-corrected chi connectivity index (χ3v) is 16.6. The molecule has 5 heterocycles. The molecule has 2 saturated heterocycles. The number of amides is 2. The van der Waals surface area contributed by atoms with E-state index < -0.39 is 86.4 Å². The molecule has 3 N–H and O–H groups in total. The zero-order valence-electron chi connectivity index (χ0n) is 46.0. The van der Waals surface area contributed by atoms with Crippen LogP contribution in [0.1, 0.15) is 62.3 Å².